The van der Waals surface area contributed by atoms with E-state index in [1.165, 1.54) is 17.8 Å². The van der Waals surface area contributed by atoms with Crippen molar-refractivity contribution >= 4 is 17.7 Å². The molecule has 2 N–H and O–H groups in total. The van der Waals surface area contributed by atoms with Crippen LogP contribution in [0.5, 0.6) is 0 Å². The molecule has 1 aliphatic heterocycles. The van der Waals surface area contributed by atoms with Crippen molar-refractivity contribution in [1.82, 2.24) is 10.6 Å². The highest BCUT2D eigenvalue weighted by atomic mass is 32.2. The quantitative estimate of drug-likeness (QED) is 0.771. The van der Waals surface area contributed by atoms with Gasteiger partial charge in [-0.25, -0.2) is 4.39 Å². The summed E-state index contributed by atoms with van der Waals surface area (Å²) in [5.74, 6) is 1.01. The van der Waals surface area contributed by atoms with Crippen molar-refractivity contribution in [2.24, 2.45) is 5.92 Å². The molecule has 1 aromatic carbocycles. The highest BCUT2D eigenvalue weighted by molar-refractivity contribution is 7.99. The molecular formula is C13H17FN2OS. The maximum Gasteiger partial charge on any atom is 0.220 e. The van der Waals surface area contributed by atoms with E-state index in [-0.39, 0.29) is 11.7 Å². The molecule has 0 spiro atoms. The van der Waals surface area contributed by atoms with E-state index in [9.17, 15) is 9.18 Å². The third-order valence-corrected chi connectivity index (χ3v) is 3.93. The Balaban J connectivity index is 1.62. The number of carbonyl (C=O) groups is 1. The lowest BCUT2D eigenvalue weighted by atomic mass is 10.0. The summed E-state index contributed by atoms with van der Waals surface area (Å²) in [6.07, 6.45) is 0.430. The lowest BCUT2D eigenvalue weighted by Crippen LogP contribution is -2.48. The van der Waals surface area contributed by atoms with E-state index >= 15 is 0 Å². The molecule has 18 heavy (non-hydrogen) atoms. The number of thioether (sulfide) groups is 1. The molecule has 0 aliphatic carbocycles. The van der Waals surface area contributed by atoms with E-state index in [1.807, 2.05) is 0 Å². The standard InChI is InChI=1S/C13H17FN2OS/c14-11-3-1-2-4-12(11)18-6-5-13(17)16-9-10-7-15-8-10/h1-4,10,15H,5-9H2,(H,16,17). The van der Waals surface area contributed by atoms with Gasteiger partial charge in [0.15, 0.2) is 0 Å². The summed E-state index contributed by atoms with van der Waals surface area (Å²) >= 11 is 1.38. The molecular weight excluding hydrogens is 251 g/mol. The molecule has 1 heterocycles. The molecule has 98 valence electrons. The first-order valence-electron chi connectivity index (χ1n) is 6.10. The fourth-order valence-corrected chi connectivity index (χ4v) is 2.54. The summed E-state index contributed by atoms with van der Waals surface area (Å²) < 4.78 is 13.3. The predicted molar refractivity (Wildman–Crippen MR) is 71.1 cm³/mol. The second-order valence-electron chi connectivity index (χ2n) is 4.36. The van der Waals surface area contributed by atoms with Crippen molar-refractivity contribution in [2.45, 2.75) is 11.3 Å². The number of halogens is 1. The maximum atomic E-state index is 13.3. The van der Waals surface area contributed by atoms with E-state index in [4.69, 9.17) is 0 Å². The van der Waals surface area contributed by atoms with Gasteiger partial charge in [0.05, 0.1) is 0 Å². The fraction of sp³-hybridized carbons (Fsp3) is 0.462. The molecule has 0 aromatic heterocycles. The normalized spacial score (nSPS) is 15.2. The van der Waals surface area contributed by atoms with Crippen LogP contribution in [0.15, 0.2) is 29.2 Å². The Bertz CT molecular complexity index is 410. The van der Waals surface area contributed by atoms with Gasteiger partial charge in [0.1, 0.15) is 5.82 Å². The van der Waals surface area contributed by atoms with Crippen LogP contribution in [0.2, 0.25) is 0 Å². The monoisotopic (exact) mass is 268 g/mol. The Labute approximate surface area is 111 Å². The average Bonchev–Trinajstić information content (AvgIpc) is 2.30. The number of benzene rings is 1. The molecule has 1 aliphatic rings. The van der Waals surface area contributed by atoms with E-state index < -0.39 is 0 Å². The summed E-state index contributed by atoms with van der Waals surface area (Å²) in [6, 6.07) is 6.64. The van der Waals surface area contributed by atoms with E-state index in [1.54, 1.807) is 18.2 Å². The smallest absolute Gasteiger partial charge is 0.220 e. The molecule has 0 bridgehead atoms. The van der Waals surface area contributed by atoms with Crippen LogP contribution in [-0.4, -0.2) is 31.3 Å². The molecule has 0 saturated carbocycles. The summed E-state index contributed by atoms with van der Waals surface area (Å²) in [7, 11) is 0. The van der Waals surface area contributed by atoms with Gasteiger partial charge in [-0.05, 0) is 12.1 Å². The van der Waals surface area contributed by atoms with Crippen molar-refractivity contribution in [3.8, 4) is 0 Å². The van der Waals surface area contributed by atoms with Crippen LogP contribution < -0.4 is 10.6 Å². The summed E-state index contributed by atoms with van der Waals surface area (Å²) in [4.78, 5) is 12.1. The van der Waals surface area contributed by atoms with Crippen molar-refractivity contribution in [2.75, 3.05) is 25.4 Å². The molecule has 1 amide bonds. The Hall–Kier alpha value is -1.07. The third-order valence-electron chi connectivity index (χ3n) is 2.88. The zero-order chi connectivity index (χ0) is 12.8. The number of nitrogens with one attached hydrogen (secondary N) is 2. The SMILES string of the molecule is O=C(CCSc1ccccc1F)NCC1CNC1. The van der Waals surface area contributed by atoms with Crippen LogP contribution in [0.3, 0.4) is 0 Å². The zero-order valence-electron chi connectivity index (χ0n) is 10.1. The van der Waals surface area contributed by atoms with Gasteiger partial charge in [-0.15, -0.1) is 11.8 Å². The Morgan fingerprint density at radius 3 is 2.89 bits per heavy atom. The first-order valence-corrected chi connectivity index (χ1v) is 7.09. The molecule has 2 rings (SSSR count). The second-order valence-corrected chi connectivity index (χ2v) is 5.49. The van der Waals surface area contributed by atoms with Gasteiger partial charge in [0.25, 0.3) is 0 Å². The molecule has 1 aromatic rings. The summed E-state index contributed by atoms with van der Waals surface area (Å²) in [6.45, 7) is 2.73. The Morgan fingerprint density at radius 1 is 1.44 bits per heavy atom. The van der Waals surface area contributed by atoms with Gasteiger partial charge >= 0.3 is 0 Å². The van der Waals surface area contributed by atoms with Crippen molar-refractivity contribution < 1.29 is 9.18 Å². The highest BCUT2D eigenvalue weighted by Crippen LogP contribution is 2.21. The molecule has 5 heteroatoms. The average molecular weight is 268 g/mol. The lowest BCUT2D eigenvalue weighted by Gasteiger charge is -2.27. The van der Waals surface area contributed by atoms with Crippen molar-refractivity contribution in [3.63, 3.8) is 0 Å². The second kappa shape index (κ2) is 6.75. The number of carbonyl (C=O) groups excluding carboxylic acids is 1. The first-order chi connectivity index (χ1) is 8.75. The molecule has 3 nitrogen and oxygen atoms in total. The van der Waals surface area contributed by atoms with Crippen LogP contribution in [0, 0.1) is 11.7 Å². The number of rotatable bonds is 6. The van der Waals surface area contributed by atoms with Gasteiger partial charge in [0.2, 0.25) is 5.91 Å². The van der Waals surface area contributed by atoms with Crippen molar-refractivity contribution in [1.29, 1.82) is 0 Å². The minimum absolute atomic E-state index is 0.0470. The minimum atomic E-state index is -0.219. The number of hydrogen-bond donors (Lipinski definition) is 2. The molecule has 0 unspecified atom stereocenters. The summed E-state index contributed by atoms with van der Waals surface area (Å²) in [5.41, 5.74) is 0. The lowest BCUT2D eigenvalue weighted by molar-refractivity contribution is -0.120. The molecule has 1 fully saturated rings. The van der Waals surface area contributed by atoms with E-state index in [0.717, 1.165) is 19.6 Å². The first kappa shape index (κ1) is 13.4. The maximum absolute atomic E-state index is 13.3. The largest absolute Gasteiger partial charge is 0.356 e. The highest BCUT2D eigenvalue weighted by Gasteiger charge is 2.16. The Kier molecular flexibility index (Phi) is 5.01. The topological polar surface area (TPSA) is 41.1 Å². The van der Waals surface area contributed by atoms with E-state index in [0.29, 0.717) is 23.0 Å². The van der Waals surface area contributed by atoms with Crippen LogP contribution in [0.1, 0.15) is 6.42 Å². The van der Waals surface area contributed by atoms with Crippen LogP contribution in [-0.2, 0) is 4.79 Å². The van der Waals surface area contributed by atoms with Crippen molar-refractivity contribution in [3.05, 3.63) is 30.1 Å². The molecule has 0 atom stereocenters. The third kappa shape index (κ3) is 3.99. The van der Waals surface area contributed by atoms with Crippen LogP contribution in [0.4, 0.5) is 4.39 Å². The van der Waals surface area contributed by atoms with E-state index in [2.05, 4.69) is 10.6 Å². The number of amides is 1. The molecule has 1 saturated heterocycles. The van der Waals surface area contributed by atoms with Crippen LogP contribution >= 0.6 is 11.8 Å². The van der Waals surface area contributed by atoms with Gasteiger partial charge in [0, 0.05) is 42.6 Å². The van der Waals surface area contributed by atoms with Gasteiger partial charge in [-0.3, -0.25) is 4.79 Å². The minimum Gasteiger partial charge on any atom is -0.356 e. The molecule has 0 radical (unpaired) electrons. The fourth-order valence-electron chi connectivity index (χ4n) is 1.65. The zero-order valence-corrected chi connectivity index (χ0v) is 10.9. The van der Waals surface area contributed by atoms with Gasteiger partial charge < -0.3 is 10.6 Å². The summed E-state index contributed by atoms with van der Waals surface area (Å²) in [5, 5.41) is 6.06. The van der Waals surface area contributed by atoms with Gasteiger partial charge in [-0.1, -0.05) is 12.1 Å². The number of hydrogen-bond acceptors (Lipinski definition) is 3. The van der Waals surface area contributed by atoms with Crippen LogP contribution in [0.25, 0.3) is 0 Å². The Morgan fingerprint density at radius 2 is 2.22 bits per heavy atom. The predicted octanol–water partition coefficient (Wildman–Crippen LogP) is 1.64. The van der Waals surface area contributed by atoms with Gasteiger partial charge in [-0.2, -0.15) is 0 Å².